The number of hydrogen-bond acceptors (Lipinski definition) is 7. The van der Waals surface area contributed by atoms with Crippen molar-refractivity contribution >= 4 is 33.2 Å². The van der Waals surface area contributed by atoms with Crippen LogP contribution in [0.4, 0.5) is 5.69 Å². The van der Waals surface area contributed by atoms with Crippen LogP contribution in [0.3, 0.4) is 0 Å². The third-order valence-electron chi connectivity index (χ3n) is 11.6. The molecule has 2 aliphatic heterocycles. The normalized spacial score (nSPS) is 32.2. The molecule has 1 spiro atoms. The summed E-state index contributed by atoms with van der Waals surface area (Å²) in [6.45, 7) is 5.26. The summed E-state index contributed by atoms with van der Waals surface area (Å²) in [5.74, 6) is 0.634. The Hall–Kier alpha value is -3.34. The molecule has 3 heterocycles. The number of ether oxygens (including phenoxy) is 1. The summed E-state index contributed by atoms with van der Waals surface area (Å²) >= 11 is 6.44. The first-order valence-electron chi connectivity index (χ1n) is 17.1. The Balaban J connectivity index is 1.33. The standard InChI is InChI=1S/C37H45ClN4O5S/c1-24-6-4-15-37(44,20-34-39-16-17-41(34)3)31-11-8-28(31)21-42-22-36(14-5-7-26-18-29(38)10-12-30(26)36)23-47-33-13-9-27(19-32(33)42)35(43)40-48(45,46)25(24)2/h4,9-10,12-13,15-19,24-25,28,31,44H,5-8,11,14,20-23H2,1-3H3,(H,40,43)/b15-4+/t24-,25+,28-,31+,36-,37+/m0/s1. The predicted octanol–water partition coefficient (Wildman–Crippen LogP) is 5.59. The van der Waals surface area contributed by atoms with Crippen molar-refractivity contribution in [2.75, 3.05) is 24.6 Å². The molecular weight excluding hydrogens is 648 g/mol. The van der Waals surface area contributed by atoms with Crippen LogP contribution in [0.1, 0.15) is 73.3 Å². The first-order valence-corrected chi connectivity index (χ1v) is 19.0. The van der Waals surface area contributed by atoms with Gasteiger partial charge in [0.1, 0.15) is 11.6 Å². The van der Waals surface area contributed by atoms with Gasteiger partial charge in [-0.3, -0.25) is 4.79 Å². The maximum atomic E-state index is 13.5. The van der Waals surface area contributed by atoms with Crippen LogP contribution in [0.15, 0.2) is 60.9 Å². The number of aryl methyl sites for hydroxylation is 2. The molecule has 1 fully saturated rings. The molecule has 2 N–H and O–H groups in total. The highest BCUT2D eigenvalue weighted by atomic mass is 35.5. The molecule has 0 saturated heterocycles. The molecule has 1 amide bonds. The molecule has 48 heavy (non-hydrogen) atoms. The third kappa shape index (κ3) is 6.05. The molecule has 256 valence electrons. The second-order valence-electron chi connectivity index (χ2n) is 14.7. The average Bonchev–Trinajstić information content (AvgIpc) is 3.35. The second kappa shape index (κ2) is 12.5. The van der Waals surface area contributed by atoms with E-state index in [-0.39, 0.29) is 28.7 Å². The largest absolute Gasteiger partial charge is 0.490 e. The zero-order valence-electron chi connectivity index (χ0n) is 27.9. The molecule has 0 unspecified atom stereocenters. The number of aromatic nitrogens is 2. The van der Waals surface area contributed by atoms with Gasteiger partial charge in [0.15, 0.2) is 0 Å². The van der Waals surface area contributed by atoms with E-state index in [1.54, 1.807) is 31.3 Å². The molecule has 1 aromatic heterocycles. The summed E-state index contributed by atoms with van der Waals surface area (Å²) in [4.78, 5) is 20.4. The number of aliphatic hydroxyl groups is 1. The van der Waals surface area contributed by atoms with Crippen molar-refractivity contribution in [1.29, 1.82) is 0 Å². The van der Waals surface area contributed by atoms with E-state index < -0.39 is 26.8 Å². The monoisotopic (exact) mass is 692 g/mol. The molecule has 6 atom stereocenters. The van der Waals surface area contributed by atoms with Gasteiger partial charge in [0.2, 0.25) is 10.0 Å². The van der Waals surface area contributed by atoms with Crippen LogP contribution in [0.25, 0.3) is 0 Å². The number of nitrogens with zero attached hydrogens (tertiary/aromatic N) is 3. The van der Waals surface area contributed by atoms with Gasteiger partial charge in [-0.2, -0.15) is 0 Å². The highest BCUT2D eigenvalue weighted by molar-refractivity contribution is 7.90. The fourth-order valence-corrected chi connectivity index (χ4v) is 9.86. The van der Waals surface area contributed by atoms with Crippen molar-refractivity contribution in [3.8, 4) is 5.75 Å². The van der Waals surface area contributed by atoms with E-state index in [9.17, 15) is 18.3 Å². The van der Waals surface area contributed by atoms with Gasteiger partial charge in [-0.25, -0.2) is 18.1 Å². The Bertz CT molecular complexity index is 1860. The lowest BCUT2D eigenvalue weighted by Crippen LogP contribution is -2.53. The summed E-state index contributed by atoms with van der Waals surface area (Å²) in [6, 6.07) is 11.4. The van der Waals surface area contributed by atoms with E-state index in [2.05, 4.69) is 26.7 Å². The Morgan fingerprint density at radius 1 is 1.17 bits per heavy atom. The molecule has 2 aromatic carbocycles. The van der Waals surface area contributed by atoms with Gasteiger partial charge >= 0.3 is 0 Å². The van der Waals surface area contributed by atoms with Crippen molar-refractivity contribution in [1.82, 2.24) is 14.3 Å². The smallest absolute Gasteiger partial charge is 0.264 e. The second-order valence-corrected chi connectivity index (χ2v) is 17.1. The van der Waals surface area contributed by atoms with Crippen molar-refractivity contribution in [2.24, 2.45) is 24.8 Å². The number of amides is 1. The van der Waals surface area contributed by atoms with Gasteiger partial charge in [0, 0.05) is 55.0 Å². The number of fused-ring (bicyclic) bond motifs is 4. The summed E-state index contributed by atoms with van der Waals surface area (Å²) < 4.78 is 37.8. The number of hydrogen-bond donors (Lipinski definition) is 2. The molecule has 2 aliphatic carbocycles. The number of nitrogens with one attached hydrogen (secondary N) is 1. The molecule has 7 rings (SSSR count). The number of halogens is 1. The van der Waals surface area contributed by atoms with Gasteiger partial charge < -0.3 is 19.3 Å². The van der Waals surface area contributed by atoms with Gasteiger partial charge in [-0.05, 0) is 105 Å². The number of imidazole rings is 1. The van der Waals surface area contributed by atoms with Crippen LogP contribution in [0.2, 0.25) is 5.02 Å². The van der Waals surface area contributed by atoms with E-state index in [4.69, 9.17) is 16.3 Å². The van der Waals surface area contributed by atoms with Crippen molar-refractivity contribution in [3.63, 3.8) is 0 Å². The third-order valence-corrected chi connectivity index (χ3v) is 13.8. The lowest BCUT2D eigenvalue weighted by Gasteiger charge is -2.49. The maximum absolute atomic E-state index is 13.5. The van der Waals surface area contributed by atoms with E-state index in [0.717, 1.165) is 48.6 Å². The van der Waals surface area contributed by atoms with Crippen LogP contribution in [-0.2, 0) is 35.3 Å². The number of sulfonamides is 1. The molecular formula is C37H45ClN4O5S. The number of benzene rings is 2. The minimum Gasteiger partial charge on any atom is -0.490 e. The number of allylic oxidation sites excluding steroid dienone is 1. The minimum atomic E-state index is -3.99. The molecule has 9 nitrogen and oxygen atoms in total. The molecule has 1 saturated carbocycles. The van der Waals surface area contributed by atoms with Crippen LogP contribution in [0.5, 0.6) is 5.75 Å². The highest BCUT2D eigenvalue weighted by Crippen LogP contribution is 2.49. The molecule has 2 bridgehead atoms. The van der Waals surface area contributed by atoms with E-state index in [1.165, 1.54) is 11.1 Å². The Morgan fingerprint density at radius 2 is 2.00 bits per heavy atom. The summed E-state index contributed by atoms with van der Waals surface area (Å²) in [5, 5.41) is 12.4. The first-order chi connectivity index (χ1) is 22.9. The van der Waals surface area contributed by atoms with Crippen molar-refractivity contribution in [3.05, 3.63) is 88.5 Å². The topological polar surface area (TPSA) is 114 Å². The minimum absolute atomic E-state index is 0.0395. The fourth-order valence-electron chi connectivity index (χ4n) is 8.38. The zero-order chi connectivity index (χ0) is 33.8. The summed E-state index contributed by atoms with van der Waals surface area (Å²) in [5.41, 5.74) is 2.03. The number of anilines is 1. The molecule has 3 aromatic rings. The molecule has 4 aliphatic rings. The van der Waals surface area contributed by atoms with Crippen molar-refractivity contribution < 1.29 is 23.1 Å². The van der Waals surface area contributed by atoms with Crippen LogP contribution in [-0.4, -0.2) is 59.5 Å². The highest BCUT2D eigenvalue weighted by Gasteiger charge is 2.48. The SMILES string of the molecule is C[C@@H]1[C@@H](C)C/C=C/[C@@](O)(Cc2nccn2C)[C@@H]2CC[C@H]2CN2C[C@@]3(CCCc4cc(Cl)ccc43)COc3ccc(cc32)C(=O)NS1(=O)=O. The van der Waals surface area contributed by atoms with E-state index in [0.29, 0.717) is 38.3 Å². The van der Waals surface area contributed by atoms with Crippen molar-refractivity contribution in [2.45, 2.75) is 75.1 Å². The van der Waals surface area contributed by atoms with Gasteiger partial charge in [-0.15, -0.1) is 0 Å². The van der Waals surface area contributed by atoms with E-state index >= 15 is 0 Å². The average molecular weight is 693 g/mol. The zero-order valence-corrected chi connectivity index (χ0v) is 29.4. The summed E-state index contributed by atoms with van der Waals surface area (Å²) in [6.07, 6.45) is 13.0. The lowest BCUT2D eigenvalue weighted by atomic mass is 9.63. The van der Waals surface area contributed by atoms with Gasteiger partial charge in [0.05, 0.1) is 23.1 Å². The van der Waals surface area contributed by atoms with Crippen LogP contribution < -0.4 is 14.4 Å². The number of carbonyl (C=O) groups is 1. The Kier molecular flexibility index (Phi) is 8.65. The molecule has 0 radical (unpaired) electrons. The lowest BCUT2D eigenvalue weighted by molar-refractivity contribution is -0.0462. The number of carbonyl (C=O) groups excluding carboxylic acids is 1. The first kappa shape index (κ1) is 33.2. The Labute approximate surface area is 288 Å². The number of rotatable bonds is 2. The van der Waals surface area contributed by atoms with Gasteiger partial charge in [0.25, 0.3) is 5.91 Å². The predicted molar refractivity (Wildman–Crippen MR) is 187 cm³/mol. The Morgan fingerprint density at radius 3 is 2.75 bits per heavy atom. The molecule has 11 heteroatoms. The fraction of sp³-hybridized carbons (Fsp3) is 0.514. The van der Waals surface area contributed by atoms with Crippen LogP contribution in [0, 0.1) is 17.8 Å². The van der Waals surface area contributed by atoms with Crippen LogP contribution >= 0.6 is 11.6 Å². The summed E-state index contributed by atoms with van der Waals surface area (Å²) in [7, 11) is -2.05. The van der Waals surface area contributed by atoms with E-state index in [1.807, 2.05) is 43.0 Å². The quantitative estimate of drug-likeness (QED) is 0.337. The van der Waals surface area contributed by atoms with Gasteiger partial charge in [-0.1, -0.05) is 36.7 Å². The maximum Gasteiger partial charge on any atom is 0.264 e.